The summed E-state index contributed by atoms with van der Waals surface area (Å²) in [7, 11) is 1.45. The first-order chi connectivity index (χ1) is 6.81. The Morgan fingerprint density at radius 1 is 1.29 bits per heavy atom. The van der Waals surface area contributed by atoms with Crippen LogP contribution in [-0.4, -0.2) is 44.3 Å². The second-order valence-electron chi connectivity index (χ2n) is 4.21. The van der Waals surface area contributed by atoms with E-state index >= 15 is 0 Å². The minimum Gasteiger partial charge on any atom is -0.453 e. The number of likely N-dealkylation sites (tertiary alicyclic amines) is 1. The highest BCUT2D eigenvalue weighted by Crippen LogP contribution is 2.27. The van der Waals surface area contributed by atoms with E-state index in [4.69, 9.17) is 4.74 Å². The summed E-state index contributed by atoms with van der Waals surface area (Å²) in [4.78, 5) is 13.2. The lowest BCUT2D eigenvalue weighted by molar-refractivity contribution is 0.124. The van der Waals surface area contributed by atoms with E-state index < -0.39 is 0 Å². The maximum absolute atomic E-state index is 11.3. The van der Waals surface area contributed by atoms with Crippen LogP contribution < -0.4 is 5.32 Å². The van der Waals surface area contributed by atoms with Crippen molar-refractivity contribution in [3.63, 3.8) is 0 Å². The Hall–Kier alpha value is -0.770. The number of amides is 1. The number of nitrogens with zero attached hydrogens (tertiary/aromatic N) is 1. The van der Waals surface area contributed by atoms with Crippen LogP contribution in [0.5, 0.6) is 0 Å². The van der Waals surface area contributed by atoms with Gasteiger partial charge < -0.3 is 15.0 Å². The third-order valence-corrected chi connectivity index (χ3v) is 3.45. The van der Waals surface area contributed by atoms with Crippen LogP contribution in [0.15, 0.2) is 0 Å². The van der Waals surface area contributed by atoms with Gasteiger partial charge in [0.25, 0.3) is 0 Å². The molecule has 80 valence electrons. The molecule has 14 heavy (non-hydrogen) atoms. The summed E-state index contributed by atoms with van der Waals surface area (Å²) in [6.07, 6.45) is 2.07. The summed E-state index contributed by atoms with van der Waals surface area (Å²) in [5, 5.41) is 3.42. The Bertz CT molecular complexity index is 206. The lowest BCUT2D eigenvalue weighted by Gasteiger charge is -2.18. The zero-order valence-corrected chi connectivity index (χ0v) is 8.66. The van der Waals surface area contributed by atoms with Gasteiger partial charge in [0.15, 0.2) is 0 Å². The van der Waals surface area contributed by atoms with Crippen molar-refractivity contribution in [1.29, 1.82) is 0 Å². The summed E-state index contributed by atoms with van der Waals surface area (Å²) in [5.74, 6) is 1.54. The van der Waals surface area contributed by atoms with Crippen LogP contribution in [0.1, 0.15) is 12.8 Å². The Morgan fingerprint density at radius 2 is 1.86 bits per heavy atom. The van der Waals surface area contributed by atoms with E-state index in [9.17, 15) is 4.79 Å². The average molecular weight is 198 g/mol. The zero-order chi connectivity index (χ0) is 9.97. The molecule has 1 N–H and O–H groups in total. The maximum Gasteiger partial charge on any atom is 0.409 e. The number of methoxy groups -OCH3 is 1. The van der Waals surface area contributed by atoms with Crippen molar-refractivity contribution in [2.24, 2.45) is 11.8 Å². The Balaban J connectivity index is 1.92. The second-order valence-corrected chi connectivity index (χ2v) is 4.21. The fraction of sp³-hybridized carbons (Fsp3) is 0.900. The number of nitrogens with one attached hydrogen (secondary N) is 1. The van der Waals surface area contributed by atoms with Gasteiger partial charge in [-0.2, -0.15) is 0 Å². The fourth-order valence-electron chi connectivity index (χ4n) is 2.53. The highest BCUT2D eigenvalue weighted by atomic mass is 16.5. The molecule has 2 heterocycles. The molecule has 0 aliphatic carbocycles. The van der Waals surface area contributed by atoms with Gasteiger partial charge >= 0.3 is 6.09 Å². The Kier molecular flexibility index (Phi) is 2.91. The lowest BCUT2D eigenvalue weighted by atomic mass is 9.92. The van der Waals surface area contributed by atoms with Crippen LogP contribution in [0.2, 0.25) is 0 Å². The first-order valence-corrected chi connectivity index (χ1v) is 5.35. The van der Waals surface area contributed by atoms with Gasteiger partial charge in [-0.05, 0) is 37.8 Å². The van der Waals surface area contributed by atoms with E-state index in [1.807, 2.05) is 4.90 Å². The average Bonchev–Trinajstić information content (AvgIpc) is 2.56. The molecule has 2 aliphatic rings. The summed E-state index contributed by atoms with van der Waals surface area (Å²) in [5.41, 5.74) is 0. The monoisotopic (exact) mass is 198 g/mol. The summed E-state index contributed by atoms with van der Waals surface area (Å²) in [6.45, 7) is 3.96. The van der Waals surface area contributed by atoms with Crippen LogP contribution in [0.4, 0.5) is 4.79 Å². The van der Waals surface area contributed by atoms with Gasteiger partial charge in [-0.1, -0.05) is 0 Å². The third kappa shape index (κ3) is 1.85. The number of ether oxygens (including phenoxy) is 1. The lowest BCUT2D eigenvalue weighted by Crippen LogP contribution is -2.32. The highest BCUT2D eigenvalue weighted by Gasteiger charge is 2.31. The highest BCUT2D eigenvalue weighted by molar-refractivity contribution is 5.67. The Morgan fingerprint density at radius 3 is 2.36 bits per heavy atom. The van der Waals surface area contributed by atoms with Gasteiger partial charge in [-0.25, -0.2) is 4.79 Å². The first-order valence-electron chi connectivity index (χ1n) is 5.35. The molecule has 1 amide bonds. The van der Waals surface area contributed by atoms with E-state index in [1.54, 1.807) is 0 Å². The largest absolute Gasteiger partial charge is 0.453 e. The van der Waals surface area contributed by atoms with E-state index in [0.29, 0.717) is 0 Å². The molecule has 2 atom stereocenters. The van der Waals surface area contributed by atoms with Crippen molar-refractivity contribution in [3.8, 4) is 0 Å². The molecule has 4 heteroatoms. The van der Waals surface area contributed by atoms with Gasteiger partial charge in [0.1, 0.15) is 0 Å². The van der Waals surface area contributed by atoms with Crippen LogP contribution in [-0.2, 0) is 4.74 Å². The molecule has 4 nitrogen and oxygen atoms in total. The normalized spacial score (nSPS) is 32.2. The molecule has 0 aromatic carbocycles. The summed E-state index contributed by atoms with van der Waals surface area (Å²) >= 11 is 0. The summed E-state index contributed by atoms with van der Waals surface area (Å²) in [6, 6.07) is 0. The Labute approximate surface area is 84.6 Å². The number of hydrogen-bond donors (Lipinski definition) is 1. The van der Waals surface area contributed by atoms with Crippen LogP contribution in [0.25, 0.3) is 0 Å². The SMILES string of the molecule is COC(=O)N1CCC2CNCC2CC1. The van der Waals surface area contributed by atoms with Crippen LogP contribution >= 0.6 is 0 Å². The van der Waals surface area contributed by atoms with Gasteiger partial charge in [0.2, 0.25) is 0 Å². The van der Waals surface area contributed by atoms with Crippen molar-refractivity contribution in [1.82, 2.24) is 10.2 Å². The molecule has 0 saturated carbocycles. The fourth-order valence-corrected chi connectivity index (χ4v) is 2.53. The second kappa shape index (κ2) is 4.17. The number of fused-ring (bicyclic) bond motifs is 1. The topological polar surface area (TPSA) is 41.6 Å². The number of hydrogen-bond acceptors (Lipinski definition) is 3. The molecular weight excluding hydrogens is 180 g/mol. The maximum atomic E-state index is 11.3. The van der Waals surface area contributed by atoms with Crippen molar-refractivity contribution in [2.45, 2.75) is 12.8 Å². The molecule has 2 unspecified atom stereocenters. The van der Waals surface area contributed by atoms with E-state index in [2.05, 4.69) is 5.32 Å². The molecule has 0 radical (unpaired) electrons. The molecule has 0 bridgehead atoms. The van der Waals surface area contributed by atoms with E-state index in [1.165, 1.54) is 7.11 Å². The molecule has 0 aromatic rings. The number of carbonyl (C=O) groups is 1. The van der Waals surface area contributed by atoms with Crippen molar-refractivity contribution < 1.29 is 9.53 Å². The molecule has 0 aromatic heterocycles. The standard InChI is InChI=1S/C10H18N2O2/c1-14-10(13)12-4-2-8-6-11-7-9(8)3-5-12/h8-9,11H,2-7H2,1H3. The minimum atomic E-state index is -0.169. The van der Waals surface area contributed by atoms with Gasteiger partial charge in [0, 0.05) is 13.1 Å². The first kappa shape index (κ1) is 9.77. The predicted molar refractivity (Wildman–Crippen MR) is 53.1 cm³/mol. The smallest absolute Gasteiger partial charge is 0.409 e. The van der Waals surface area contributed by atoms with Crippen molar-refractivity contribution in [2.75, 3.05) is 33.3 Å². The van der Waals surface area contributed by atoms with Gasteiger partial charge in [-0.3, -0.25) is 0 Å². The van der Waals surface area contributed by atoms with Gasteiger partial charge in [0.05, 0.1) is 7.11 Å². The number of carbonyl (C=O) groups excluding carboxylic acids is 1. The molecule has 2 fully saturated rings. The van der Waals surface area contributed by atoms with Crippen molar-refractivity contribution >= 4 is 6.09 Å². The molecule has 0 spiro atoms. The quantitative estimate of drug-likeness (QED) is 0.622. The van der Waals surface area contributed by atoms with Crippen molar-refractivity contribution in [3.05, 3.63) is 0 Å². The van der Waals surface area contributed by atoms with Crippen LogP contribution in [0, 0.1) is 11.8 Å². The van der Waals surface area contributed by atoms with E-state index in [0.717, 1.165) is 50.9 Å². The van der Waals surface area contributed by atoms with E-state index in [-0.39, 0.29) is 6.09 Å². The molecular formula is C10H18N2O2. The zero-order valence-electron chi connectivity index (χ0n) is 8.66. The van der Waals surface area contributed by atoms with Gasteiger partial charge in [-0.15, -0.1) is 0 Å². The molecule has 2 saturated heterocycles. The molecule has 2 aliphatic heterocycles. The predicted octanol–water partition coefficient (Wildman–Crippen LogP) is 0.684. The summed E-state index contributed by atoms with van der Waals surface area (Å²) < 4.78 is 4.74. The number of rotatable bonds is 0. The third-order valence-electron chi connectivity index (χ3n) is 3.45. The minimum absolute atomic E-state index is 0.169. The molecule has 2 rings (SSSR count). The van der Waals surface area contributed by atoms with Crippen LogP contribution in [0.3, 0.4) is 0 Å².